The molecule has 0 bridgehead atoms. The molecule has 12 heavy (non-hydrogen) atoms. The van der Waals surface area contributed by atoms with Crippen molar-refractivity contribution < 1.29 is 13.2 Å². The van der Waals surface area contributed by atoms with Gasteiger partial charge >= 0.3 is 6.18 Å². The van der Waals surface area contributed by atoms with Gasteiger partial charge in [-0.05, 0) is 0 Å². The van der Waals surface area contributed by atoms with Gasteiger partial charge in [-0.1, -0.05) is 0 Å². The van der Waals surface area contributed by atoms with Crippen molar-refractivity contribution in [3.63, 3.8) is 0 Å². The fourth-order valence-corrected chi connectivity index (χ4v) is 0.710. The van der Waals surface area contributed by atoms with Gasteiger partial charge in [0, 0.05) is 6.54 Å². The molecule has 0 atom stereocenters. The Bertz CT molecular complexity index is 176. The van der Waals surface area contributed by atoms with Gasteiger partial charge in [-0.3, -0.25) is 10.4 Å². The van der Waals surface area contributed by atoms with Gasteiger partial charge in [0.2, 0.25) is 5.96 Å². The van der Waals surface area contributed by atoms with E-state index in [0.717, 1.165) is 0 Å². The Morgan fingerprint density at radius 2 is 2.25 bits per heavy atom. The van der Waals surface area contributed by atoms with E-state index in [1.807, 2.05) is 5.43 Å². The molecule has 1 heterocycles. The van der Waals surface area contributed by atoms with E-state index in [0.29, 0.717) is 19.0 Å². The summed E-state index contributed by atoms with van der Waals surface area (Å²) in [6.07, 6.45) is -4.20. The van der Waals surface area contributed by atoms with Crippen LogP contribution in [0.3, 0.4) is 0 Å². The Hall–Kier alpha value is -0.980. The molecule has 0 aromatic rings. The highest BCUT2D eigenvalue weighted by atomic mass is 19.4. The molecule has 0 spiro atoms. The SMILES string of the molecule is FC(F)(F)CNNC1=NCCN1. The van der Waals surface area contributed by atoms with Gasteiger partial charge in [-0.2, -0.15) is 13.2 Å². The zero-order valence-electron chi connectivity index (χ0n) is 6.20. The zero-order chi connectivity index (χ0) is 9.03. The summed E-state index contributed by atoms with van der Waals surface area (Å²) in [5.74, 6) is 0.360. The number of alkyl halides is 3. The lowest BCUT2D eigenvalue weighted by atomic mass is 10.7. The summed E-state index contributed by atoms with van der Waals surface area (Å²) >= 11 is 0. The van der Waals surface area contributed by atoms with E-state index in [1.165, 1.54) is 0 Å². The summed E-state index contributed by atoms with van der Waals surface area (Å²) in [6, 6.07) is 0. The van der Waals surface area contributed by atoms with E-state index in [1.54, 1.807) is 0 Å². The molecule has 1 rings (SSSR count). The van der Waals surface area contributed by atoms with Crippen LogP contribution in [0.15, 0.2) is 4.99 Å². The number of aliphatic imine (C=N–C) groups is 1. The molecule has 1 aliphatic rings. The molecular weight excluding hydrogens is 173 g/mol. The summed E-state index contributed by atoms with van der Waals surface area (Å²) in [7, 11) is 0. The van der Waals surface area contributed by atoms with Gasteiger partial charge in [0.25, 0.3) is 0 Å². The topological polar surface area (TPSA) is 48.5 Å². The standard InChI is InChI=1S/C5H9F3N4/c6-5(7,8)3-11-12-4-9-1-2-10-4/h11H,1-3H2,(H2,9,10,12). The normalized spacial score (nSPS) is 17.1. The summed E-state index contributed by atoms with van der Waals surface area (Å²) < 4.78 is 34.7. The minimum absolute atomic E-state index is 0.360. The summed E-state index contributed by atoms with van der Waals surface area (Å²) in [5.41, 5.74) is 4.31. The first kappa shape index (κ1) is 9.11. The second kappa shape index (κ2) is 3.61. The van der Waals surface area contributed by atoms with E-state index in [2.05, 4.69) is 15.7 Å². The first-order chi connectivity index (χ1) is 5.58. The molecule has 1 aliphatic heterocycles. The Labute approximate surface area is 67.2 Å². The monoisotopic (exact) mass is 182 g/mol. The Morgan fingerprint density at radius 1 is 1.50 bits per heavy atom. The molecule has 0 aromatic heterocycles. The highest BCUT2D eigenvalue weighted by Gasteiger charge is 2.26. The van der Waals surface area contributed by atoms with Crippen LogP contribution in [0.5, 0.6) is 0 Å². The lowest BCUT2D eigenvalue weighted by molar-refractivity contribution is -0.125. The quantitative estimate of drug-likeness (QED) is 0.509. The van der Waals surface area contributed by atoms with Gasteiger partial charge in [0.05, 0.1) is 6.54 Å². The minimum Gasteiger partial charge on any atom is -0.353 e. The molecule has 7 heteroatoms. The lowest BCUT2D eigenvalue weighted by Gasteiger charge is -2.09. The average molecular weight is 182 g/mol. The van der Waals surface area contributed by atoms with Crippen LogP contribution in [-0.2, 0) is 0 Å². The van der Waals surface area contributed by atoms with E-state index in [-0.39, 0.29) is 0 Å². The zero-order valence-corrected chi connectivity index (χ0v) is 6.20. The second-order valence-corrected chi connectivity index (χ2v) is 2.25. The molecule has 0 saturated carbocycles. The van der Waals surface area contributed by atoms with Gasteiger partial charge < -0.3 is 5.32 Å². The Kier molecular flexibility index (Phi) is 2.74. The third-order valence-corrected chi connectivity index (χ3v) is 1.17. The molecule has 0 saturated heterocycles. The molecular formula is C5H9F3N4. The smallest absolute Gasteiger partial charge is 0.353 e. The van der Waals surface area contributed by atoms with Crippen molar-refractivity contribution >= 4 is 5.96 Å². The average Bonchev–Trinajstić information content (AvgIpc) is 2.36. The predicted octanol–water partition coefficient (Wildman–Crippen LogP) is -0.398. The molecule has 0 aliphatic carbocycles. The van der Waals surface area contributed by atoms with Crippen LogP contribution in [0.4, 0.5) is 13.2 Å². The minimum atomic E-state index is -4.20. The van der Waals surface area contributed by atoms with Crippen LogP contribution in [0.25, 0.3) is 0 Å². The third kappa shape index (κ3) is 3.42. The van der Waals surface area contributed by atoms with Crippen molar-refractivity contribution in [2.45, 2.75) is 6.18 Å². The van der Waals surface area contributed by atoms with Crippen LogP contribution >= 0.6 is 0 Å². The largest absolute Gasteiger partial charge is 0.402 e. The van der Waals surface area contributed by atoms with Crippen LogP contribution in [0.1, 0.15) is 0 Å². The fraction of sp³-hybridized carbons (Fsp3) is 0.800. The van der Waals surface area contributed by atoms with Crippen LogP contribution in [0, 0.1) is 0 Å². The number of hydrogen-bond donors (Lipinski definition) is 3. The van der Waals surface area contributed by atoms with Gasteiger partial charge in [0.15, 0.2) is 0 Å². The first-order valence-corrected chi connectivity index (χ1v) is 3.42. The highest BCUT2D eigenvalue weighted by Crippen LogP contribution is 2.11. The van der Waals surface area contributed by atoms with E-state index >= 15 is 0 Å². The first-order valence-electron chi connectivity index (χ1n) is 3.42. The fourth-order valence-electron chi connectivity index (χ4n) is 0.710. The van der Waals surface area contributed by atoms with Crippen molar-refractivity contribution in [2.75, 3.05) is 19.6 Å². The molecule has 0 unspecified atom stereocenters. The Balaban J connectivity index is 2.10. The van der Waals surface area contributed by atoms with E-state index < -0.39 is 12.7 Å². The van der Waals surface area contributed by atoms with Crippen LogP contribution < -0.4 is 16.2 Å². The van der Waals surface area contributed by atoms with Crippen LogP contribution in [0.2, 0.25) is 0 Å². The molecule has 3 N–H and O–H groups in total. The molecule has 0 fully saturated rings. The van der Waals surface area contributed by atoms with Crippen molar-refractivity contribution in [3.8, 4) is 0 Å². The van der Waals surface area contributed by atoms with Crippen molar-refractivity contribution in [3.05, 3.63) is 0 Å². The summed E-state index contributed by atoms with van der Waals surface area (Å²) in [6.45, 7) is 0.180. The van der Waals surface area contributed by atoms with E-state index in [9.17, 15) is 13.2 Å². The Morgan fingerprint density at radius 3 is 2.75 bits per heavy atom. The number of nitrogens with one attached hydrogen (secondary N) is 3. The van der Waals surface area contributed by atoms with Crippen molar-refractivity contribution in [1.29, 1.82) is 0 Å². The molecule has 0 amide bonds. The third-order valence-electron chi connectivity index (χ3n) is 1.17. The predicted molar refractivity (Wildman–Crippen MR) is 37.5 cm³/mol. The lowest BCUT2D eigenvalue weighted by Crippen LogP contribution is -2.46. The van der Waals surface area contributed by atoms with Gasteiger partial charge in [-0.25, -0.2) is 5.43 Å². The molecule has 70 valence electrons. The maximum absolute atomic E-state index is 11.6. The summed E-state index contributed by atoms with van der Waals surface area (Å²) in [4.78, 5) is 3.82. The number of guanidine groups is 1. The number of halogens is 3. The van der Waals surface area contributed by atoms with Gasteiger partial charge in [0.1, 0.15) is 6.54 Å². The number of hydrogen-bond acceptors (Lipinski definition) is 4. The van der Waals surface area contributed by atoms with Crippen molar-refractivity contribution in [2.24, 2.45) is 4.99 Å². The second-order valence-electron chi connectivity index (χ2n) is 2.25. The molecule has 0 aromatic carbocycles. The summed E-state index contributed by atoms with van der Waals surface area (Å²) in [5, 5.41) is 2.75. The maximum Gasteiger partial charge on any atom is 0.402 e. The molecule has 4 nitrogen and oxygen atoms in total. The number of rotatable bonds is 2. The van der Waals surface area contributed by atoms with Crippen molar-refractivity contribution in [1.82, 2.24) is 16.2 Å². The number of nitrogens with zero attached hydrogens (tertiary/aromatic N) is 1. The van der Waals surface area contributed by atoms with E-state index in [4.69, 9.17) is 0 Å². The van der Waals surface area contributed by atoms with Crippen LogP contribution in [-0.4, -0.2) is 31.8 Å². The van der Waals surface area contributed by atoms with Gasteiger partial charge in [-0.15, -0.1) is 0 Å². The maximum atomic E-state index is 11.6. The highest BCUT2D eigenvalue weighted by molar-refractivity contribution is 5.80. The number of hydrazine groups is 1. The molecule has 0 radical (unpaired) electrons.